The maximum absolute atomic E-state index is 12.1. The van der Waals surface area contributed by atoms with Crippen LogP contribution in [0.3, 0.4) is 0 Å². The Kier molecular flexibility index (Phi) is 4.81. The number of anilines is 2. The van der Waals surface area contributed by atoms with Crippen LogP contribution in [0, 0.1) is 11.3 Å². The lowest BCUT2D eigenvalue weighted by molar-refractivity contribution is -0.116. The summed E-state index contributed by atoms with van der Waals surface area (Å²) in [6.45, 7) is 1.77. The monoisotopic (exact) mass is 299 g/mol. The van der Waals surface area contributed by atoms with Crippen molar-refractivity contribution in [1.82, 2.24) is 0 Å². The summed E-state index contributed by atoms with van der Waals surface area (Å²) >= 11 is 5.81. The van der Waals surface area contributed by atoms with Crippen molar-refractivity contribution in [2.24, 2.45) is 0 Å². The van der Waals surface area contributed by atoms with Gasteiger partial charge in [0.2, 0.25) is 5.91 Å². The van der Waals surface area contributed by atoms with Crippen LogP contribution in [0.1, 0.15) is 12.5 Å². The number of rotatable bonds is 4. The van der Waals surface area contributed by atoms with Gasteiger partial charge in [0.15, 0.2) is 0 Å². The zero-order chi connectivity index (χ0) is 15.2. The summed E-state index contributed by atoms with van der Waals surface area (Å²) < 4.78 is 0. The first kappa shape index (κ1) is 14.9. The van der Waals surface area contributed by atoms with Gasteiger partial charge in [-0.25, -0.2) is 0 Å². The third-order valence-electron chi connectivity index (χ3n) is 2.90. The molecule has 0 bridgehead atoms. The Morgan fingerprint density at radius 3 is 2.24 bits per heavy atom. The molecule has 0 saturated heterocycles. The molecule has 0 saturated carbocycles. The van der Waals surface area contributed by atoms with E-state index >= 15 is 0 Å². The van der Waals surface area contributed by atoms with Gasteiger partial charge in [0.05, 0.1) is 11.6 Å². The van der Waals surface area contributed by atoms with Crippen LogP contribution >= 0.6 is 11.6 Å². The molecule has 0 aliphatic heterocycles. The summed E-state index contributed by atoms with van der Waals surface area (Å²) in [6.07, 6.45) is 0. The standard InChI is InChI=1S/C16H14ClN3O/c1-11(19-14-8-4-13(17)5-9-14)16(21)20-15-6-2-12(10-18)3-7-15/h2-9,11,19H,1H3,(H,20,21)/t11-/m1/s1. The highest BCUT2D eigenvalue weighted by molar-refractivity contribution is 6.30. The van der Waals surface area contributed by atoms with Crippen LogP contribution in [0.5, 0.6) is 0 Å². The van der Waals surface area contributed by atoms with Crippen LogP contribution in [0.4, 0.5) is 11.4 Å². The van der Waals surface area contributed by atoms with Gasteiger partial charge in [-0.05, 0) is 55.5 Å². The first-order valence-corrected chi connectivity index (χ1v) is 6.79. The van der Waals surface area contributed by atoms with Crippen molar-refractivity contribution in [3.8, 4) is 6.07 Å². The van der Waals surface area contributed by atoms with Gasteiger partial charge in [-0.15, -0.1) is 0 Å². The molecule has 21 heavy (non-hydrogen) atoms. The Balaban J connectivity index is 1.95. The molecule has 0 aromatic heterocycles. The molecule has 0 aliphatic carbocycles. The fraction of sp³-hybridized carbons (Fsp3) is 0.125. The van der Waals surface area contributed by atoms with Crippen LogP contribution in [-0.2, 0) is 4.79 Å². The molecule has 0 unspecified atom stereocenters. The largest absolute Gasteiger partial charge is 0.374 e. The molecule has 0 spiro atoms. The van der Waals surface area contributed by atoms with E-state index in [1.54, 1.807) is 43.3 Å². The van der Waals surface area contributed by atoms with Crippen LogP contribution in [-0.4, -0.2) is 11.9 Å². The molecule has 0 aliphatic rings. The van der Waals surface area contributed by atoms with Crippen LogP contribution in [0.2, 0.25) is 5.02 Å². The number of halogens is 1. The number of nitrogens with zero attached hydrogens (tertiary/aromatic N) is 1. The average molecular weight is 300 g/mol. The highest BCUT2D eigenvalue weighted by Crippen LogP contribution is 2.15. The molecule has 4 nitrogen and oxygen atoms in total. The van der Waals surface area contributed by atoms with E-state index in [0.29, 0.717) is 16.3 Å². The zero-order valence-corrected chi connectivity index (χ0v) is 12.2. The summed E-state index contributed by atoms with van der Waals surface area (Å²) in [7, 11) is 0. The van der Waals surface area contributed by atoms with E-state index in [-0.39, 0.29) is 5.91 Å². The lowest BCUT2D eigenvalue weighted by Crippen LogP contribution is -2.31. The number of carbonyl (C=O) groups excluding carboxylic acids is 1. The normalized spacial score (nSPS) is 11.3. The van der Waals surface area contributed by atoms with Gasteiger partial charge in [0, 0.05) is 16.4 Å². The predicted molar refractivity (Wildman–Crippen MR) is 84.3 cm³/mol. The van der Waals surface area contributed by atoms with Crippen molar-refractivity contribution in [2.45, 2.75) is 13.0 Å². The number of benzene rings is 2. The lowest BCUT2D eigenvalue weighted by atomic mass is 10.2. The van der Waals surface area contributed by atoms with Crippen molar-refractivity contribution in [2.75, 3.05) is 10.6 Å². The Labute approximate surface area is 128 Å². The number of amides is 1. The van der Waals surface area contributed by atoms with E-state index in [4.69, 9.17) is 16.9 Å². The molecular weight excluding hydrogens is 286 g/mol. The average Bonchev–Trinajstić information content (AvgIpc) is 2.50. The lowest BCUT2D eigenvalue weighted by Gasteiger charge is -2.15. The van der Waals surface area contributed by atoms with Gasteiger partial charge < -0.3 is 10.6 Å². The Morgan fingerprint density at radius 2 is 1.67 bits per heavy atom. The first-order chi connectivity index (χ1) is 10.1. The van der Waals surface area contributed by atoms with Crippen molar-refractivity contribution >= 4 is 28.9 Å². The second kappa shape index (κ2) is 6.78. The maximum Gasteiger partial charge on any atom is 0.246 e. The number of hydrogen-bond acceptors (Lipinski definition) is 3. The maximum atomic E-state index is 12.1. The second-order valence-electron chi connectivity index (χ2n) is 4.55. The Bertz CT molecular complexity index is 659. The molecule has 106 valence electrons. The van der Waals surface area contributed by atoms with Crippen molar-refractivity contribution in [3.05, 3.63) is 59.1 Å². The van der Waals surface area contributed by atoms with Gasteiger partial charge in [0.25, 0.3) is 0 Å². The van der Waals surface area contributed by atoms with E-state index in [1.807, 2.05) is 18.2 Å². The zero-order valence-electron chi connectivity index (χ0n) is 11.4. The SMILES string of the molecule is C[C@@H](Nc1ccc(Cl)cc1)C(=O)Nc1ccc(C#N)cc1. The summed E-state index contributed by atoms with van der Waals surface area (Å²) in [6, 6.07) is 15.5. The quantitative estimate of drug-likeness (QED) is 0.905. The topological polar surface area (TPSA) is 64.9 Å². The van der Waals surface area contributed by atoms with E-state index in [2.05, 4.69) is 10.6 Å². The van der Waals surface area contributed by atoms with Crippen LogP contribution in [0.15, 0.2) is 48.5 Å². The molecule has 0 heterocycles. The minimum absolute atomic E-state index is 0.158. The molecule has 1 amide bonds. The number of nitriles is 1. The molecule has 2 rings (SSSR count). The summed E-state index contributed by atoms with van der Waals surface area (Å²) in [4.78, 5) is 12.1. The molecular formula is C16H14ClN3O. The third-order valence-corrected chi connectivity index (χ3v) is 3.15. The number of nitrogens with one attached hydrogen (secondary N) is 2. The first-order valence-electron chi connectivity index (χ1n) is 6.41. The van der Waals surface area contributed by atoms with Gasteiger partial charge in [-0.1, -0.05) is 11.6 Å². The van der Waals surface area contributed by atoms with E-state index in [1.165, 1.54) is 0 Å². The van der Waals surface area contributed by atoms with E-state index < -0.39 is 6.04 Å². The molecule has 0 fully saturated rings. The molecule has 2 aromatic carbocycles. The summed E-state index contributed by atoms with van der Waals surface area (Å²) in [5, 5.41) is 15.3. The predicted octanol–water partition coefficient (Wildman–Crippen LogP) is 3.65. The molecule has 1 atom stereocenters. The van der Waals surface area contributed by atoms with Crippen LogP contribution < -0.4 is 10.6 Å². The summed E-state index contributed by atoms with van der Waals surface area (Å²) in [5.41, 5.74) is 2.03. The van der Waals surface area contributed by atoms with Crippen molar-refractivity contribution < 1.29 is 4.79 Å². The fourth-order valence-corrected chi connectivity index (χ4v) is 1.87. The molecule has 2 aromatic rings. The number of carbonyl (C=O) groups is 1. The van der Waals surface area contributed by atoms with Gasteiger partial charge in [0.1, 0.15) is 6.04 Å². The van der Waals surface area contributed by atoms with Crippen LogP contribution in [0.25, 0.3) is 0 Å². The Morgan fingerprint density at radius 1 is 1.10 bits per heavy atom. The van der Waals surface area contributed by atoms with Gasteiger partial charge >= 0.3 is 0 Å². The summed E-state index contributed by atoms with van der Waals surface area (Å²) in [5.74, 6) is -0.158. The van der Waals surface area contributed by atoms with E-state index in [0.717, 1.165) is 5.69 Å². The fourth-order valence-electron chi connectivity index (χ4n) is 1.74. The Hall–Kier alpha value is -2.51. The van der Waals surface area contributed by atoms with Crippen molar-refractivity contribution in [1.29, 1.82) is 5.26 Å². The molecule has 5 heteroatoms. The minimum atomic E-state index is -0.401. The smallest absolute Gasteiger partial charge is 0.246 e. The second-order valence-corrected chi connectivity index (χ2v) is 4.99. The highest BCUT2D eigenvalue weighted by atomic mass is 35.5. The highest BCUT2D eigenvalue weighted by Gasteiger charge is 2.12. The minimum Gasteiger partial charge on any atom is -0.374 e. The molecule has 2 N–H and O–H groups in total. The molecule has 0 radical (unpaired) electrons. The van der Waals surface area contributed by atoms with Gasteiger partial charge in [-0.2, -0.15) is 5.26 Å². The van der Waals surface area contributed by atoms with Crippen molar-refractivity contribution in [3.63, 3.8) is 0 Å². The number of hydrogen-bond donors (Lipinski definition) is 2. The third kappa shape index (κ3) is 4.23. The van der Waals surface area contributed by atoms with E-state index in [9.17, 15) is 4.79 Å². The van der Waals surface area contributed by atoms with Gasteiger partial charge in [-0.3, -0.25) is 4.79 Å².